The van der Waals surface area contributed by atoms with Crippen molar-refractivity contribution in [2.24, 2.45) is 0 Å². The van der Waals surface area contributed by atoms with E-state index in [0.717, 1.165) is 23.0 Å². The summed E-state index contributed by atoms with van der Waals surface area (Å²) < 4.78 is 32.4. The van der Waals surface area contributed by atoms with Crippen molar-refractivity contribution in [1.29, 1.82) is 0 Å². The average molecular weight is 426 g/mol. The summed E-state index contributed by atoms with van der Waals surface area (Å²) in [5, 5.41) is 12.6. The average Bonchev–Trinajstić information content (AvgIpc) is 3.09. The van der Waals surface area contributed by atoms with E-state index in [1.54, 1.807) is 36.8 Å². The van der Waals surface area contributed by atoms with Gasteiger partial charge in [0.05, 0.1) is 22.6 Å². The molecular formula is C16H12ClN3O5S2. The SMILES string of the molecule is COc1ccc(-c2csc(NS(=O)(=O)c3ccc(Cl)c([N+](=O)[O-])c3)n2)cc1. The maximum Gasteiger partial charge on any atom is 0.289 e. The predicted octanol–water partition coefficient (Wildman–Crippen LogP) is 4.18. The number of nitrogens with one attached hydrogen (secondary N) is 1. The van der Waals surface area contributed by atoms with E-state index in [0.29, 0.717) is 11.4 Å². The monoisotopic (exact) mass is 425 g/mol. The first-order valence-corrected chi connectivity index (χ1v) is 10.1. The molecule has 0 aliphatic carbocycles. The van der Waals surface area contributed by atoms with Crippen molar-refractivity contribution in [2.45, 2.75) is 4.90 Å². The predicted molar refractivity (Wildman–Crippen MR) is 103 cm³/mol. The second kappa shape index (κ2) is 7.51. The van der Waals surface area contributed by atoms with Crippen LogP contribution in [0.15, 0.2) is 52.7 Å². The van der Waals surface area contributed by atoms with Gasteiger partial charge in [0.1, 0.15) is 10.8 Å². The molecule has 0 saturated carbocycles. The molecule has 0 fully saturated rings. The van der Waals surface area contributed by atoms with Crippen LogP contribution in [0, 0.1) is 10.1 Å². The van der Waals surface area contributed by atoms with Gasteiger partial charge in [-0.3, -0.25) is 14.8 Å². The Kier molecular flexibility index (Phi) is 5.31. The third-order valence-corrected chi connectivity index (χ3v) is 6.08. The van der Waals surface area contributed by atoms with Crippen LogP contribution in [0.2, 0.25) is 5.02 Å². The number of hydrogen-bond donors (Lipinski definition) is 1. The molecule has 27 heavy (non-hydrogen) atoms. The maximum atomic E-state index is 12.5. The normalized spacial score (nSPS) is 11.2. The van der Waals surface area contributed by atoms with Crippen LogP contribution >= 0.6 is 22.9 Å². The Labute approximate surface area is 163 Å². The summed E-state index contributed by atoms with van der Waals surface area (Å²) in [6.45, 7) is 0. The summed E-state index contributed by atoms with van der Waals surface area (Å²) in [4.78, 5) is 14.2. The van der Waals surface area contributed by atoms with Gasteiger partial charge in [-0.05, 0) is 36.4 Å². The van der Waals surface area contributed by atoms with Crippen LogP contribution in [0.1, 0.15) is 0 Å². The fourth-order valence-electron chi connectivity index (χ4n) is 2.19. The van der Waals surface area contributed by atoms with Crippen LogP contribution in [0.25, 0.3) is 11.3 Å². The zero-order valence-electron chi connectivity index (χ0n) is 13.7. The molecule has 0 amide bonds. The molecule has 140 valence electrons. The lowest BCUT2D eigenvalue weighted by Crippen LogP contribution is -2.13. The lowest BCUT2D eigenvalue weighted by atomic mass is 10.2. The highest BCUT2D eigenvalue weighted by atomic mass is 35.5. The zero-order valence-corrected chi connectivity index (χ0v) is 16.1. The highest BCUT2D eigenvalue weighted by Crippen LogP contribution is 2.30. The van der Waals surface area contributed by atoms with Crippen molar-refractivity contribution in [3.05, 3.63) is 63.0 Å². The van der Waals surface area contributed by atoms with Crippen molar-refractivity contribution >= 4 is 43.8 Å². The number of nitro groups is 1. The number of methoxy groups -OCH3 is 1. The standard InChI is InChI=1S/C16H12ClN3O5S2/c1-25-11-4-2-10(3-5-11)14-9-26-16(18-14)19-27(23,24)12-6-7-13(17)15(8-12)20(21)22/h2-9H,1H3,(H,18,19). The van der Waals surface area contributed by atoms with Crippen molar-refractivity contribution in [1.82, 2.24) is 4.98 Å². The van der Waals surface area contributed by atoms with Gasteiger partial charge in [0.25, 0.3) is 15.7 Å². The Bertz CT molecular complexity index is 1100. The fourth-order valence-corrected chi connectivity index (χ4v) is 4.37. The van der Waals surface area contributed by atoms with Gasteiger partial charge in [0, 0.05) is 17.0 Å². The molecule has 0 atom stereocenters. The second-order valence-electron chi connectivity index (χ2n) is 5.24. The number of sulfonamides is 1. The molecular weight excluding hydrogens is 414 g/mol. The van der Waals surface area contributed by atoms with Gasteiger partial charge in [-0.2, -0.15) is 0 Å². The van der Waals surface area contributed by atoms with Gasteiger partial charge >= 0.3 is 0 Å². The molecule has 0 unspecified atom stereocenters. The smallest absolute Gasteiger partial charge is 0.289 e. The van der Waals surface area contributed by atoms with Crippen LogP contribution in [0.3, 0.4) is 0 Å². The van der Waals surface area contributed by atoms with Crippen molar-refractivity contribution in [2.75, 3.05) is 11.8 Å². The maximum absolute atomic E-state index is 12.5. The highest BCUT2D eigenvalue weighted by Gasteiger charge is 2.22. The molecule has 11 heteroatoms. The first-order valence-electron chi connectivity index (χ1n) is 7.37. The number of rotatable bonds is 6. The minimum atomic E-state index is -4.05. The number of halogens is 1. The molecule has 0 bridgehead atoms. The summed E-state index contributed by atoms with van der Waals surface area (Å²) in [7, 11) is -2.49. The van der Waals surface area contributed by atoms with Gasteiger partial charge in [0.15, 0.2) is 5.13 Å². The number of benzene rings is 2. The van der Waals surface area contributed by atoms with Crippen molar-refractivity contribution < 1.29 is 18.1 Å². The van der Waals surface area contributed by atoms with E-state index < -0.39 is 20.6 Å². The van der Waals surface area contributed by atoms with Gasteiger partial charge in [-0.15, -0.1) is 11.3 Å². The first-order chi connectivity index (χ1) is 12.8. The molecule has 3 rings (SSSR count). The summed E-state index contributed by atoms with van der Waals surface area (Å²) in [6.07, 6.45) is 0. The van der Waals surface area contributed by atoms with Crippen LogP contribution in [0.5, 0.6) is 5.75 Å². The van der Waals surface area contributed by atoms with E-state index in [2.05, 4.69) is 9.71 Å². The fraction of sp³-hybridized carbons (Fsp3) is 0.0625. The van der Waals surface area contributed by atoms with Gasteiger partial charge in [-0.25, -0.2) is 13.4 Å². The summed E-state index contributed by atoms with van der Waals surface area (Å²) in [5.74, 6) is 0.694. The van der Waals surface area contributed by atoms with Gasteiger partial charge < -0.3 is 4.74 Å². The quantitative estimate of drug-likeness (QED) is 0.468. The van der Waals surface area contributed by atoms with E-state index >= 15 is 0 Å². The molecule has 2 aromatic carbocycles. The number of thiazole rings is 1. The summed E-state index contributed by atoms with van der Waals surface area (Å²) in [6, 6.07) is 10.4. The van der Waals surface area contributed by atoms with E-state index in [9.17, 15) is 18.5 Å². The number of hydrogen-bond acceptors (Lipinski definition) is 7. The number of aromatic nitrogens is 1. The number of nitrogens with zero attached hydrogens (tertiary/aromatic N) is 2. The molecule has 8 nitrogen and oxygen atoms in total. The number of ether oxygens (including phenoxy) is 1. The summed E-state index contributed by atoms with van der Waals surface area (Å²) >= 11 is 6.82. The van der Waals surface area contributed by atoms with E-state index in [4.69, 9.17) is 16.3 Å². The van der Waals surface area contributed by atoms with E-state index in [-0.39, 0.29) is 15.0 Å². The van der Waals surface area contributed by atoms with E-state index in [1.165, 1.54) is 12.1 Å². The molecule has 0 spiro atoms. The lowest BCUT2D eigenvalue weighted by molar-refractivity contribution is -0.384. The number of nitro benzene ring substituents is 1. The Morgan fingerprint density at radius 1 is 1.22 bits per heavy atom. The molecule has 1 aromatic heterocycles. The Balaban J connectivity index is 1.85. The lowest BCUT2D eigenvalue weighted by Gasteiger charge is -2.05. The largest absolute Gasteiger partial charge is 0.497 e. The first kappa shape index (κ1) is 19.1. The number of anilines is 1. The molecule has 1 heterocycles. The second-order valence-corrected chi connectivity index (χ2v) is 8.19. The van der Waals surface area contributed by atoms with Crippen LogP contribution < -0.4 is 9.46 Å². The molecule has 3 aromatic rings. The molecule has 0 aliphatic rings. The molecule has 1 N–H and O–H groups in total. The van der Waals surface area contributed by atoms with Crippen LogP contribution in [-0.4, -0.2) is 25.4 Å². The van der Waals surface area contributed by atoms with Gasteiger partial charge in [0.2, 0.25) is 0 Å². The van der Waals surface area contributed by atoms with Crippen LogP contribution in [0.4, 0.5) is 10.8 Å². The van der Waals surface area contributed by atoms with Crippen LogP contribution in [-0.2, 0) is 10.0 Å². The highest BCUT2D eigenvalue weighted by molar-refractivity contribution is 7.93. The molecule has 0 radical (unpaired) electrons. The van der Waals surface area contributed by atoms with Crippen molar-refractivity contribution in [3.8, 4) is 17.0 Å². The zero-order chi connectivity index (χ0) is 19.6. The third-order valence-electron chi connectivity index (χ3n) is 3.54. The minimum absolute atomic E-state index is 0.137. The van der Waals surface area contributed by atoms with Crippen molar-refractivity contribution in [3.63, 3.8) is 0 Å². The Morgan fingerprint density at radius 3 is 2.56 bits per heavy atom. The molecule has 0 saturated heterocycles. The third kappa shape index (κ3) is 4.18. The summed E-state index contributed by atoms with van der Waals surface area (Å²) in [5.41, 5.74) is 0.889. The minimum Gasteiger partial charge on any atom is -0.497 e. The Morgan fingerprint density at radius 2 is 1.93 bits per heavy atom. The Hall–Kier alpha value is -2.69. The van der Waals surface area contributed by atoms with E-state index in [1.807, 2.05) is 0 Å². The van der Waals surface area contributed by atoms with Gasteiger partial charge in [-0.1, -0.05) is 11.6 Å². The molecule has 0 aliphatic heterocycles. The topological polar surface area (TPSA) is 111 Å².